The fourth-order valence-electron chi connectivity index (χ4n) is 1.22. The SMILES string of the molecule is COCCC(C)(O)C1=CCCO1. The fraction of sp³-hybridized carbons (Fsp3) is 0.778. The van der Waals surface area contributed by atoms with Crippen molar-refractivity contribution in [2.24, 2.45) is 0 Å². The zero-order valence-corrected chi connectivity index (χ0v) is 7.67. The summed E-state index contributed by atoms with van der Waals surface area (Å²) in [5.41, 5.74) is -0.855. The summed E-state index contributed by atoms with van der Waals surface area (Å²) in [7, 11) is 1.62. The Hall–Kier alpha value is -0.540. The molecule has 1 atom stereocenters. The molecular formula is C9H16O3. The maximum absolute atomic E-state index is 9.87. The summed E-state index contributed by atoms with van der Waals surface area (Å²) in [4.78, 5) is 0. The normalized spacial score (nSPS) is 21.4. The first-order valence-corrected chi connectivity index (χ1v) is 4.21. The first-order valence-electron chi connectivity index (χ1n) is 4.21. The van der Waals surface area contributed by atoms with Crippen LogP contribution in [0.5, 0.6) is 0 Å². The monoisotopic (exact) mass is 172 g/mol. The van der Waals surface area contributed by atoms with E-state index in [1.807, 2.05) is 6.08 Å². The van der Waals surface area contributed by atoms with E-state index >= 15 is 0 Å². The van der Waals surface area contributed by atoms with Crippen LogP contribution in [0.3, 0.4) is 0 Å². The number of methoxy groups -OCH3 is 1. The molecule has 0 aromatic rings. The molecule has 3 heteroatoms. The van der Waals surface area contributed by atoms with Crippen LogP contribution in [0.2, 0.25) is 0 Å². The zero-order chi connectivity index (χ0) is 9.03. The van der Waals surface area contributed by atoms with Gasteiger partial charge in [0, 0.05) is 26.6 Å². The molecule has 70 valence electrons. The van der Waals surface area contributed by atoms with E-state index in [4.69, 9.17) is 9.47 Å². The van der Waals surface area contributed by atoms with Crippen molar-refractivity contribution in [2.45, 2.75) is 25.4 Å². The molecule has 1 heterocycles. The molecule has 0 amide bonds. The molecule has 0 aromatic carbocycles. The van der Waals surface area contributed by atoms with Crippen molar-refractivity contribution in [1.82, 2.24) is 0 Å². The second kappa shape index (κ2) is 3.92. The van der Waals surface area contributed by atoms with Crippen LogP contribution in [-0.2, 0) is 9.47 Å². The van der Waals surface area contributed by atoms with Crippen LogP contribution < -0.4 is 0 Å². The maximum Gasteiger partial charge on any atom is 0.123 e. The third-order valence-corrected chi connectivity index (χ3v) is 2.03. The van der Waals surface area contributed by atoms with Gasteiger partial charge in [0.1, 0.15) is 11.4 Å². The summed E-state index contributed by atoms with van der Waals surface area (Å²) in [6, 6.07) is 0. The van der Waals surface area contributed by atoms with Crippen LogP contribution in [-0.4, -0.2) is 31.0 Å². The Morgan fingerprint density at radius 1 is 1.75 bits per heavy atom. The van der Waals surface area contributed by atoms with Crippen LogP contribution in [0, 0.1) is 0 Å². The minimum absolute atomic E-state index is 0.549. The average Bonchev–Trinajstić information content (AvgIpc) is 2.53. The highest BCUT2D eigenvalue weighted by Gasteiger charge is 2.28. The summed E-state index contributed by atoms with van der Waals surface area (Å²) in [6.45, 7) is 3.00. The van der Waals surface area contributed by atoms with Gasteiger partial charge in [-0.05, 0) is 13.0 Å². The summed E-state index contributed by atoms with van der Waals surface area (Å²) < 4.78 is 10.2. The molecule has 0 saturated carbocycles. The quantitative estimate of drug-likeness (QED) is 0.689. The van der Waals surface area contributed by atoms with Crippen LogP contribution in [0.4, 0.5) is 0 Å². The van der Waals surface area contributed by atoms with E-state index in [0.717, 1.165) is 6.42 Å². The average molecular weight is 172 g/mol. The zero-order valence-electron chi connectivity index (χ0n) is 7.67. The van der Waals surface area contributed by atoms with Gasteiger partial charge >= 0.3 is 0 Å². The topological polar surface area (TPSA) is 38.7 Å². The molecule has 1 rings (SSSR count). The molecule has 0 saturated heterocycles. The lowest BCUT2D eigenvalue weighted by Gasteiger charge is -2.23. The molecule has 1 aliphatic rings. The van der Waals surface area contributed by atoms with Gasteiger partial charge in [-0.1, -0.05) is 0 Å². The minimum atomic E-state index is -0.855. The minimum Gasteiger partial charge on any atom is -0.495 e. The van der Waals surface area contributed by atoms with E-state index in [9.17, 15) is 5.11 Å². The Balaban J connectivity index is 2.45. The largest absolute Gasteiger partial charge is 0.495 e. The van der Waals surface area contributed by atoms with Gasteiger partial charge in [-0.15, -0.1) is 0 Å². The first-order chi connectivity index (χ1) is 5.67. The van der Waals surface area contributed by atoms with E-state index in [2.05, 4.69) is 0 Å². The first kappa shape index (κ1) is 9.55. The number of rotatable bonds is 4. The van der Waals surface area contributed by atoms with Gasteiger partial charge in [0.15, 0.2) is 0 Å². The van der Waals surface area contributed by atoms with Crippen molar-refractivity contribution in [3.8, 4) is 0 Å². The predicted octanol–water partition coefficient (Wildman–Crippen LogP) is 1.08. The van der Waals surface area contributed by atoms with E-state index in [1.54, 1.807) is 14.0 Å². The second-order valence-corrected chi connectivity index (χ2v) is 3.22. The number of hydrogen-bond donors (Lipinski definition) is 1. The Morgan fingerprint density at radius 2 is 2.50 bits per heavy atom. The lowest BCUT2D eigenvalue weighted by atomic mass is 10.0. The van der Waals surface area contributed by atoms with Gasteiger partial charge < -0.3 is 14.6 Å². The highest BCUT2D eigenvalue weighted by molar-refractivity contribution is 5.11. The Kier molecular flexibility index (Phi) is 3.12. The second-order valence-electron chi connectivity index (χ2n) is 3.22. The fourth-order valence-corrected chi connectivity index (χ4v) is 1.22. The van der Waals surface area contributed by atoms with Crippen molar-refractivity contribution in [3.05, 3.63) is 11.8 Å². The smallest absolute Gasteiger partial charge is 0.123 e. The van der Waals surface area contributed by atoms with E-state index in [-0.39, 0.29) is 0 Å². The van der Waals surface area contributed by atoms with Crippen LogP contribution in [0.25, 0.3) is 0 Å². The molecule has 1 aliphatic heterocycles. The Bertz CT molecular complexity index is 173. The molecule has 0 spiro atoms. The molecule has 0 fully saturated rings. The lowest BCUT2D eigenvalue weighted by molar-refractivity contribution is 0.00880. The number of hydrogen-bond acceptors (Lipinski definition) is 3. The Labute approximate surface area is 73.0 Å². The molecule has 12 heavy (non-hydrogen) atoms. The van der Waals surface area contributed by atoms with Gasteiger partial charge in [0.05, 0.1) is 6.61 Å². The van der Waals surface area contributed by atoms with E-state index in [1.165, 1.54) is 0 Å². The molecule has 0 aromatic heterocycles. The summed E-state index contributed by atoms with van der Waals surface area (Å²) in [5.74, 6) is 0.694. The third kappa shape index (κ3) is 2.22. The van der Waals surface area contributed by atoms with E-state index in [0.29, 0.717) is 25.4 Å². The van der Waals surface area contributed by atoms with Crippen molar-refractivity contribution >= 4 is 0 Å². The third-order valence-electron chi connectivity index (χ3n) is 2.03. The van der Waals surface area contributed by atoms with Crippen molar-refractivity contribution in [3.63, 3.8) is 0 Å². The summed E-state index contributed by atoms with van der Waals surface area (Å²) in [6.07, 6.45) is 3.42. The molecule has 0 aliphatic carbocycles. The van der Waals surface area contributed by atoms with Crippen molar-refractivity contribution in [1.29, 1.82) is 0 Å². The summed E-state index contributed by atoms with van der Waals surface area (Å²) in [5, 5.41) is 9.87. The van der Waals surface area contributed by atoms with Gasteiger partial charge in [0.25, 0.3) is 0 Å². The van der Waals surface area contributed by atoms with Gasteiger partial charge in [-0.25, -0.2) is 0 Å². The number of aliphatic hydroxyl groups is 1. The molecule has 0 bridgehead atoms. The van der Waals surface area contributed by atoms with Crippen LogP contribution in [0.15, 0.2) is 11.8 Å². The summed E-state index contributed by atoms with van der Waals surface area (Å²) >= 11 is 0. The standard InChI is InChI=1S/C9H16O3/c1-9(10,5-7-11-2)8-4-3-6-12-8/h4,10H,3,5-7H2,1-2H3. The highest BCUT2D eigenvalue weighted by atomic mass is 16.5. The lowest BCUT2D eigenvalue weighted by Crippen LogP contribution is -2.28. The molecular weight excluding hydrogens is 156 g/mol. The molecule has 3 nitrogen and oxygen atoms in total. The van der Waals surface area contributed by atoms with Gasteiger partial charge in [-0.2, -0.15) is 0 Å². The predicted molar refractivity (Wildman–Crippen MR) is 45.8 cm³/mol. The molecule has 1 N–H and O–H groups in total. The van der Waals surface area contributed by atoms with Gasteiger partial charge in [0.2, 0.25) is 0 Å². The van der Waals surface area contributed by atoms with Crippen molar-refractivity contribution < 1.29 is 14.6 Å². The Morgan fingerprint density at radius 3 is 3.00 bits per heavy atom. The maximum atomic E-state index is 9.87. The molecule has 1 unspecified atom stereocenters. The molecule has 0 radical (unpaired) electrons. The highest BCUT2D eigenvalue weighted by Crippen LogP contribution is 2.25. The van der Waals surface area contributed by atoms with E-state index < -0.39 is 5.60 Å². The van der Waals surface area contributed by atoms with Gasteiger partial charge in [-0.3, -0.25) is 0 Å². The number of ether oxygens (including phenoxy) is 2. The van der Waals surface area contributed by atoms with Crippen LogP contribution in [0.1, 0.15) is 19.8 Å². The van der Waals surface area contributed by atoms with Crippen molar-refractivity contribution in [2.75, 3.05) is 20.3 Å². The van der Waals surface area contributed by atoms with Crippen LogP contribution >= 0.6 is 0 Å².